The molecule has 1 aromatic rings. The summed E-state index contributed by atoms with van der Waals surface area (Å²) in [6, 6.07) is 5.57. The van der Waals surface area contributed by atoms with Crippen molar-refractivity contribution in [1.82, 2.24) is 0 Å². The monoisotopic (exact) mass is 323 g/mol. The van der Waals surface area contributed by atoms with E-state index in [4.69, 9.17) is 31.4 Å². The molecule has 0 spiro atoms. The van der Waals surface area contributed by atoms with Crippen molar-refractivity contribution in [2.75, 3.05) is 13.7 Å². The van der Waals surface area contributed by atoms with Gasteiger partial charge in [0.25, 0.3) is 0 Å². The number of rotatable bonds is 4. The second-order valence-corrected chi connectivity index (χ2v) is 6.81. The van der Waals surface area contributed by atoms with Gasteiger partial charge >= 0.3 is 7.12 Å². The molecular weight excluding hydrogens is 300 g/mol. The van der Waals surface area contributed by atoms with Crippen LogP contribution < -0.4 is 10.5 Å². The third kappa shape index (κ3) is 3.33. The fourth-order valence-electron chi connectivity index (χ4n) is 2.20. The number of benzene rings is 1. The number of methoxy groups -OCH3 is 1. The van der Waals surface area contributed by atoms with Crippen LogP contribution in [0, 0.1) is 0 Å². The SMILES string of the molecule is COc1cc(C=C(CN)B2OC(C)(C)C(C)(C)O2)ccc1Cl. The molecule has 1 aromatic carbocycles. The number of hydrogen-bond acceptors (Lipinski definition) is 4. The van der Waals surface area contributed by atoms with Gasteiger partial charge in [-0.1, -0.05) is 23.7 Å². The van der Waals surface area contributed by atoms with Crippen LogP contribution in [0.3, 0.4) is 0 Å². The zero-order chi connectivity index (χ0) is 16.5. The first-order valence-electron chi connectivity index (χ1n) is 7.30. The first-order chi connectivity index (χ1) is 10.2. The molecule has 1 fully saturated rings. The molecule has 1 heterocycles. The van der Waals surface area contributed by atoms with E-state index in [9.17, 15) is 0 Å². The van der Waals surface area contributed by atoms with Gasteiger partial charge in [0.05, 0.1) is 23.3 Å². The van der Waals surface area contributed by atoms with Crippen LogP contribution in [-0.4, -0.2) is 32.0 Å². The first kappa shape index (κ1) is 17.4. The molecule has 0 unspecified atom stereocenters. The van der Waals surface area contributed by atoms with E-state index in [1.54, 1.807) is 13.2 Å². The highest BCUT2D eigenvalue weighted by Gasteiger charge is 2.52. The molecule has 120 valence electrons. The average molecular weight is 324 g/mol. The Bertz CT molecular complexity index is 571. The third-order valence-electron chi connectivity index (χ3n) is 4.32. The quantitative estimate of drug-likeness (QED) is 0.864. The van der Waals surface area contributed by atoms with Gasteiger partial charge in [-0.2, -0.15) is 0 Å². The highest BCUT2D eigenvalue weighted by Crippen LogP contribution is 2.38. The molecule has 0 radical (unpaired) electrons. The molecule has 0 saturated carbocycles. The largest absolute Gasteiger partial charge is 0.495 e. The van der Waals surface area contributed by atoms with Crippen molar-refractivity contribution in [1.29, 1.82) is 0 Å². The number of halogens is 1. The molecule has 22 heavy (non-hydrogen) atoms. The fourth-order valence-corrected chi connectivity index (χ4v) is 2.39. The summed E-state index contributed by atoms with van der Waals surface area (Å²) in [5.41, 5.74) is 6.94. The highest BCUT2D eigenvalue weighted by molar-refractivity contribution is 6.55. The van der Waals surface area contributed by atoms with Crippen LogP contribution in [0.4, 0.5) is 0 Å². The maximum atomic E-state index is 6.05. The van der Waals surface area contributed by atoms with Crippen LogP contribution in [0.15, 0.2) is 23.7 Å². The Morgan fingerprint density at radius 1 is 1.27 bits per heavy atom. The van der Waals surface area contributed by atoms with Crippen LogP contribution in [0.5, 0.6) is 5.75 Å². The van der Waals surface area contributed by atoms with Gasteiger partial charge in [0.2, 0.25) is 0 Å². The van der Waals surface area contributed by atoms with Crippen molar-refractivity contribution in [3.8, 4) is 5.75 Å². The summed E-state index contributed by atoms with van der Waals surface area (Å²) in [6.07, 6.45) is 1.96. The summed E-state index contributed by atoms with van der Waals surface area (Å²) in [6.45, 7) is 8.43. The highest BCUT2D eigenvalue weighted by atomic mass is 35.5. The number of nitrogens with two attached hydrogens (primary N) is 1. The van der Waals surface area contributed by atoms with Crippen molar-refractivity contribution in [3.05, 3.63) is 34.3 Å². The zero-order valence-corrected chi connectivity index (χ0v) is 14.5. The Morgan fingerprint density at radius 3 is 2.36 bits per heavy atom. The molecule has 2 rings (SSSR count). The summed E-state index contributed by atoms with van der Waals surface area (Å²) >= 11 is 6.05. The van der Waals surface area contributed by atoms with Gasteiger partial charge < -0.3 is 19.8 Å². The minimum Gasteiger partial charge on any atom is -0.495 e. The summed E-state index contributed by atoms with van der Waals surface area (Å²) in [5.74, 6) is 0.626. The molecule has 0 aliphatic carbocycles. The second-order valence-electron chi connectivity index (χ2n) is 6.41. The van der Waals surface area contributed by atoms with E-state index in [-0.39, 0.29) is 11.2 Å². The molecule has 4 nitrogen and oxygen atoms in total. The normalized spacial score (nSPS) is 20.3. The summed E-state index contributed by atoms with van der Waals surface area (Å²) < 4.78 is 17.3. The van der Waals surface area contributed by atoms with Crippen molar-refractivity contribution in [3.63, 3.8) is 0 Å². The predicted octanol–water partition coefficient (Wildman–Crippen LogP) is 3.32. The Hall–Kier alpha value is -1.01. The molecular formula is C16H23BClNO3. The lowest BCUT2D eigenvalue weighted by molar-refractivity contribution is 0.00578. The Labute approximate surface area is 137 Å². The molecule has 1 saturated heterocycles. The number of ether oxygens (including phenoxy) is 1. The molecule has 0 aromatic heterocycles. The molecule has 6 heteroatoms. The van der Waals surface area contributed by atoms with E-state index in [0.29, 0.717) is 17.3 Å². The summed E-state index contributed by atoms with van der Waals surface area (Å²) in [4.78, 5) is 0. The smallest absolute Gasteiger partial charge is 0.491 e. The standard InChI is InChI=1S/C16H23BClNO3/c1-15(2)16(3,4)22-17(21-15)12(10-19)8-11-6-7-13(18)14(9-11)20-5/h6-9H,10,19H2,1-5H3. The van der Waals surface area contributed by atoms with E-state index < -0.39 is 7.12 Å². The van der Waals surface area contributed by atoms with Gasteiger partial charge in [-0.15, -0.1) is 0 Å². The predicted molar refractivity (Wildman–Crippen MR) is 91.1 cm³/mol. The van der Waals surface area contributed by atoms with Crippen LogP contribution in [0.25, 0.3) is 6.08 Å². The molecule has 2 N–H and O–H groups in total. The first-order valence-corrected chi connectivity index (χ1v) is 7.67. The second kappa shape index (κ2) is 6.24. The van der Waals surface area contributed by atoms with Gasteiger partial charge in [-0.25, -0.2) is 0 Å². The molecule has 0 atom stereocenters. The zero-order valence-electron chi connectivity index (χ0n) is 13.8. The van der Waals surface area contributed by atoms with E-state index in [0.717, 1.165) is 11.0 Å². The van der Waals surface area contributed by atoms with Crippen LogP contribution >= 0.6 is 11.6 Å². The maximum absolute atomic E-state index is 6.05. The summed E-state index contributed by atoms with van der Waals surface area (Å²) in [5, 5.41) is 0.574. The summed E-state index contributed by atoms with van der Waals surface area (Å²) in [7, 11) is 1.14. The Balaban J connectivity index is 2.29. The minimum atomic E-state index is -0.448. The van der Waals surface area contributed by atoms with Crippen molar-refractivity contribution >= 4 is 24.8 Å². The fraction of sp³-hybridized carbons (Fsp3) is 0.500. The van der Waals surface area contributed by atoms with Gasteiger partial charge in [0.15, 0.2) is 0 Å². The average Bonchev–Trinajstić information content (AvgIpc) is 2.66. The Kier molecular flexibility index (Phi) is 4.92. The lowest BCUT2D eigenvalue weighted by Gasteiger charge is -2.32. The van der Waals surface area contributed by atoms with E-state index in [2.05, 4.69) is 0 Å². The molecule has 0 amide bonds. The molecule has 1 aliphatic rings. The lowest BCUT2D eigenvalue weighted by Crippen LogP contribution is -2.41. The van der Waals surface area contributed by atoms with Crippen molar-refractivity contribution < 1.29 is 14.0 Å². The van der Waals surface area contributed by atoms with E-state index in [1.807, 2.05) is 45.9 Å². The minimum absolute atomic E-state index is 0.349. The van der Waals surface area contributed by atoms with E-state index in [1.165, 1.54) is 0 Å². The van der Waals surface area contributed by atoms with Crippen LogP contribution in [0.1, 0.15) is 33.3 Å². The van der Waals surface area contributed by atoms with Gasteiger partial charge in [0.1, 0.15) is 5.75 Å². The van der Waals surface area contributed by atoms with Crippen molar-refractivity contribution in [2.45, 2.75) is 38.9 Å². The topological polar surface area (TPSA) is 53.7 Å². The van der Waals surface area contributed by atoms with Crippen molar-refractivity contribution in [2.24, 2.45) is 5.73 Å². The van der Waals surface area contributed by atoms with Crippen LogP contribution in [0.2, 0.25) is 5.02 Å². The lowest BCUT2D eigenvalue weighted by atomic mass is 9.77. The van der Waals surface area contributed by atoms with E-state index >= 15 is 0 Å². The van der Waals surface area contributed by atoms with Gasteiger partial charge in [0, 0.05) is 6.54 Å². The van der Waals surface area contributed by atoms with Gasteiger partial charge in [-0.05, 0) is 50.9 Å². The Morgan fingerprint density at radius 2 is 1.86 bits per heavy atom. The van der Waals surface area contributed by atoms with Gasteiger partial charge in [-0.3, -0.25) is 0 Å². The molecule has 1 aliphatic heterocycles. The maximum Gasteiger partial charge on any atom is 0.491 e. The molecule has 0 bridgehead atoms. The number of hydrogen-bond donors (Lipinski definition) is 1. The third-order valence-corrected chi connectivity index (χ3v) is 4.63. The van der Waals surface area contributed by atoms with Crippen LogP contribution in [-0.2, 0) is 9.31 Å².